The molecule has 0 spiro atoms. The predicted molar refractivity (Wildman–Crippen MR) is 112 cm³/mol. The highest BCUT2D eigenvalue weighted by atomic mass is 35.5. The monoisotopic (exact) mass is 402 g/mol. The van der Waals surface area contributed by atoms with E-state index in [0.29, 0.717) is 16.7 Å². The Morgan fingerprint density at radius 2 is 1.83 bits per heavy atom. The van der Waals surface area contributed by atoms with Crippen molar-refractivity contribution < 1.29 is 0 Å². The smallest absolute Gasteiger partial charge is 0.219 e. The molecule has 0 saturated carbocycles. The summed E-state index contributed by atoms with van der Waals surface area (Å²) >= 11 is 6.27. The zero-order valence-corrected chi connectivity index (χ0v) is 16.1. The van der Waals surface area contributed by atoms with Crippen LogP contribution in [0.25, 0.3) is 39.2 Å². The highest BCUT2D eigenvalue weighted by Crippen LogP contribution is 2.30. The Morgan fingerprint density at radius 3 is 2.59 bits per heavy atom. The molecule has 0 aliphatic heterocycles. The topological polar surface area (TPSA) is 111 Å². The van der Waals surface area contributed by atoms with Crippen LogP contribution >= 0.6 is 11.6 Å². The Balaban J connectivity index is 1.63. The number of imidazole rings is 1. The van der Waals surface area contributed by atoms with Crippen LogP contribution in [0.3, 0.4) is 0 Å². The summed E-state index contributed by atoms with van der Waals surface area (Å²) in [6, 6.07) is 11.5. The quantitative estimate of drug-likeness (QED) is 0.474. The zero-order valence-electron chi connectivity index (χ0n) is 15.3. The van der Waals surface area contributed by atoms with Gasteiger partial charge in [0, 0.05) is 28.5 Å². The van der Waals surface area contributed by atoms with E-state index in [1.54, 1.807) is 23.4 Å². The van der Waals surface area contributed by atoms with E-state index in [1.165, 1.54) is 0 Å². The van der Waals surface area contributed by atoms with E-state index in [4.69, 9.17) is 22.3 Å². The number of nitrogens with zero attached hydrogens (tertiary/aromatic N) is 6. The largest absolute Gasteiger partial charge is 0.368 e. The van der Waals surface area contributed by atoms with Gasteiger partial charge in [-0.1, -0.05) is 17.7 Å². The van der Waals surface area contributed by atoms with Crippen molar-refractivity contribution in [2.24, 2.45) is 0 Å². The second-order valence-corrected chi connectivity index (χ2v) is 6.98. The van der Waals surface area contributed by atoms with Gasteiger partial charge in [0.05, 0.1) is 16.7 Å². The highest BCUT2D eigenvalue weighted by Gasteiger charge is 2.14. The number of halogens is 1. The molecule has 29 heavy (non-hydrogen) atoms. The fraction of sp³-hybridized carbons (Fsp3) is 0.0500. The molecule has 0 radical (unpaired) electrons. The van der Waals surface area contributed by atoms with Gasteiger partial charge in [0.25, 0.3) is 0 Å². The molecular formula is C20H15ClN8. The van der Waals surface area contributed by atoms with Crippen LogP contribution in [0.15, 0.2) is 55.1 Å². The fourth-order valence-electron chi connectivity index (χ4n) is 3.16. The van der Waals surface area contributed by atoms with Gasteiger partial charge in [-0.15, -0.1) is 0 Å². The van der Waals surface area contributed by atoms with Crippen molar-refractivity contribution in [2.75, 3.05) is 5.73 Å². The van der Waals surface area contributed by atoms with Crippen molar-refractivity contribution in [1.82, 2.24) is 34.7 Å². The number of nitrogens with two attached hydrogens (primary N) is 1. The fourth-order valence-corrected chi connectivity index (χ4v) is 3.34. The van der Waals surface area contributed by atoms with Crippen molar-refractivity contribution in [3.63, 3.8) is 0 Å². The second kappa shape index (κ2) is 6.68. The Kier molecular flexibility index (Phi) is 3.99. The Labute approximate surface area is 170 Å². The number of hydrogen-bond acceptors (Lipinski definition) is 6. The molecule has 0 aliphatic carbocycles. The third-order valence-electron chi connectivity index (χ3n) is 4.55. The van der Waals surface area contributed by atoms with E-state index >= 15 is 0 Å². The molecule has 0 aliphatic rings. The van der Waals surface area contributed by atoms with Gasteiger partial charge in [-0.3, -0.25) is 0 Å². The molecule has 9 heteroatoms. The molecule has 142 valence electrons. The molecule has 0 saturated heterocycles. The SMILES string of the molecule is Cc1ncn(-c2ccc(Cl)cc2-c2nc3ccc(-c4cnc(N)nc4)cc3[nH]2)n1. The summed E-state index contributed by atoms with van der Waals surface area (Å²) in [6.45, 7) is 1.84. The molecule has 0 amide bonds. The van der Waals surface area contributed by atoms with Crippen molar-refractivity contribution in [3.8, 4) is 28.2 Å². The van der Waals surface area contributed by atoms with Gasteiger partial charge >= 0.3 is 0 Å². The molecule has 3 heterocycles. The van der Waals surface area contributed by atoms with E-state index in [9.17, 15) is 0 Å². The first-order valence-corrected chi connectivity index (χ1v) is 9.21. The van der Waals surface area contributed by atoms with Gasteiger partial charge in [0.15, 0.2) is 0 Å². The van der Waals surface area contributed by atoms with Crippen LogP contribution in [-0.2, 0) is 0 Å². The van der Waals surface area contributed by atoms with E-state index in [2.05, 4.69) is 25.0 Å². The molecule has 3 aromatic heterocycles. The maximum absolute atomic E-state index is 6.27. The standard InChI is InChI=1S/C20H15ClN8/c1-11-25-10-29(28-11)18-5-3-14(21)7-15(18)19-26-16-4-2-12(6-17(16)27-19)13-8-23-20(22)24-9-13/h2-10H,1H3,(H,26,27)(H2,22,23,24). The lowest BCUT2D eigenvalue weighted by atomic mass is 10.1. The molecular weight excluding hydrogens is 388 g/mol. The second-order valence-electron chi connectivity index (χ2n) is 6.55. The molecule has 8 nitrogen and oxygen atoms in total. The summed E-state index contributed by atoms with van der Waals surface area (Å²) in [7, 11) is 0. The maximum Gasteiger partial charge on any atom is 0.219 e. The number of nitrogens with one attached hydrogen (secondary N) is 1. The van der Waals surface area contributed by atoms with Crippen LogP contribution in [0.4, 0.5) is 5.95 Å². The van der Waals surface area contributed by atoms with Crippen LogP contribution in [0.2, 0.25) is 5.02 Å². The summed E-state index contributed by atoms with van der Waals surface area (Å²) in [5, 5.41) is 5.02. The van der Waals surface area contributed by atoms with Crippen molar-refractivity contribution >= 4 is 28.6 Å². The lowest BCUT2D eigenvalue weighted by molar-refractivity contribution is 0.863. The minimum absolute atomic E-state index is 0.246. The lowest BCUT2D eigenvalue weighted by Crippen LogP contribution is -1.99. The number of benzene rings is 2. The van der Waals surface area contributed by atoms with Gasteiger partial charge in [0.1, 0.15) is 18.0 Å². The van der Waals surface area contributed by atoms with E-state index in [1.807, 2.05) is 43.3 Å². The Bertz CT molecular complexity index is 1340. The number of hydrogen-bond donors (Lipinski definition) is 2. The van der Waals surface area contributed by atoms with E-state index in [-0.39, 0.29) is 5.95 Å². The highest BCUT2D eigenvalue weighted by molar-refractivity contribution is 6.31. The molecule has 2 aromatic carbocycles. The van der Waals surface area contributed by atoms with Crippen molar-refractivity contribution in [2.45, 2.75) is 6.92 Å². The molecule has 0 unspecified atom stereocenters. The number of anilines is 1. The van der Waals surface area contributed by atoms with E-state index in [0.717, 1.165) is 33.4 Å². The summed E-state index contributed by atoms with van der Waals surface area (Å²) < 4.78 is 1.71. The number of fused-ring (bicyclic) bond motifs is 1. The van der Waals surface area contributed by atoms with Crippen LogP contribution in [0.1, 0.15) is 5.82 Å². The number of aryl methyl sites for hydroxylation is 1. The lowest BCUT2D eigenvalue weighted by Gasteiger charge is -2.07. The molecule has 0 atom stereocenters. The van der Waals surface area contributed by atoms with Gasteiger partial charge in [0.2, 0.25) is 5.95 Å². The summed E-state index contributed by atoms with van der Waals surface area (Å²) in [4.78, 5) is 20.4. The number of aromatic nitrogens is 7. The normalized spacial score (nSPS) is 11.2. The minimum atomic E-state index is 0.246. The number of aromatic amines is 1. The third kappa shape index (κ3) is 3.19. The molecule has 5 rings (SSSR count). The number of H-pyrrole nitrogens is 1. The van der Waals surface area contributed by atoms with Gasteiger partial charge in [-0.05, 0) is 42.8 Å². The van der Waals surface area contributed by atoms with Crippen LogP contribution in [0.5, 0.6) is 0 Å². The summed E-state index contributed by atoms with van der Waals surface area (Å²) in [5.41, 5.74) is 10.8. The van der Waals surface area contributed by atoms with Gasteiger partial charge in [-0.25, -0.2) is 24.6 Å². The number of rotatable bonds is 3. The van der Waals surface area contributed by atoms with Crippen LogP contribution in [0, 0.1) is 6.92 Å². The zero-order chi connectivity index (χ0) is 20.0. The summed E-state index contributed by atoms with van der Waals surface area (Å²) in [5.74, 6) is 1.62. The molecule has 5 aromatic rings. The maximum atomic E-state index is 6.27. The third-order valence-corrected chi connectivity index (χ3v) is 4.79. The first kappa shape index (κ1) is 17.3. The minimum Gasteiger partial charge on any atom is -0.368 e. The molecule has 0 bridgehead atoms. The van der Waals surface area contributed by atoms with Gasteiger partial charge < -0.3 is 10.7 Å². The average Bonchev–Trinajstić information content (AvgIpc) is 3.34. The van der Waals surface area contributed by atoms with Crippen molar-refractivity contribution in [3.05, 3.63) is 66.0 Å². The Morgan fingerprint density at radius 1 is 1.00 bits per heavy atom. The summed E-state index contributed by atoms with van der Waals surface area (Å²) in [6.07, 6.45) is 5.07. The molecule has 3 N–H and O–H groups in total. The van der Waals surface area contributed by atoms with Crippen molar-refractivity contribution in [1.29, 1.82) is 0 Å². The average molecular weight is 403 g/mol. The van der Waals surface area contributed by atoms with Crippen LogP contribution in [-0.4, -0.2) is 34.7 Å². The first-order valence-electron chi connectivity index (χ1n) is 8.83. The predicted octanol–water partition coefficient (Wildman–Crippen LogP) is 3.81. The van der Waals surface area contributed by atoms with Gasteiger partial charge in [-0.2, -0.15) is 5.10 Å². The Hall–Kier alpha value is -3.78. The molecule has 0 fully saturated rings. The van der Waals surface area contributed by atoms with E-state index < -0.39 is 0 Å². The number of nitrogen functional groups attached to an aromatic ring is 1. The first-order chi connectivity index (χ1) is 14.1. The van der Waals surface area contributed by atoms with Crippen LogP contribution < -0.4 is 5.73 Å².